The predicted molar refractivity (Wildman–Crippen MR) is 70.3 cm³/mol. The highest BCUT2D eigenvalue weighted by atomic mass is 19.1. The van der Waals surface area contributed by atoms with E-state index in [1.54, 1.807) is 19.2 Å². The van der Waals surface area contributed by atoms with Crippen LogP contribution in [0.1, 0.15) is 19.4 Å². The van der Waals surface area contributed by atoms with Gasteiger partial charge in [-0.25, -0.2) is 4.39 Å². The second kappa shape index (κ2) is 7.34. The van der Waals surface area contributed by atoms with Gasteiger partial charge in [0.25, 0.3) is 0 Å². The van der Waals surface area contributed by atoms with Gasteiger partial charge in [0.2, 0.25) is 0 Å². The van der Waals surface area contributed by atoms with Crippen molar-refractivity contribution in [3.05, 3.63) is 29.6 Å². The summed E-state index contributed by atoms with van der Waals surface area (Å²) in [6.45, 7) is 4.85. The molecule has 0 saturated carbocycles. The summed E-state index contributed by atoms with van der Waals surface area (Å²) in [6, 6.07) is 5.07. The van der Waals surface area contributed by atoms with Gasteiger partial charge >= 0.3 is 0 Å². The third kappa shape index (κ3) is 4.63. The number of benzene rings is 1. The van der Waals surface area contributed by atoms with E-state index >= 15 is 0 Å². The van der Waals surface area contributed by atoms with Crippen molar-refractivity contribution in [2.75, 3.05) is 20.3 Å². The fraction of sp³-hybridized carbons (Fsp3) is 0.571. The van der Waals surface area contributed by atoms with Crippen molar-refractivity contribution in [1.82, 2.24) is 0 Å². The molecule has 0 fully saturated rings. The Hall–Kier alpha value is -1.13. The molecule has 1 rings (SSSR count). The van der Waals surface area contributed by atoms with E-state index in [1.807, 2.05) is 6.92 Å². The molecule has 102 valence electrons. The normalized spacial score (nSPS) is 14.3. The van der Waals surface area contributed by atoms with Gasteiger partial charge in [0.1, 0.15) is 6.61 Å². The molecule has 2 unspecified atom stereocenters. The van der Waals surface area contributed by atoms with E-state index in [0.29, 0.717) is 19.1 Å². The highest BCUT2D eigenvalue weighted by Crippen LogP contribution is 2.21. The number of hydrogen-bond donors (Lipinski definition) is 1. The molecule has 0 amide bonds. The zero-order chi connectivity index (χ0) is 13.5. The molecule has 18 heavy (non-hydrogen) atoms. The molecule has 1 aromatic rings. The van der Waals surface area contributed by atoms with Crippen LogP contribution in [0.5, 0.6) is 5.75 Å². The van der Waals surface area contributed by atoms with Crippen molar-refractivity contribution >= 4 is 0 Å². The third-order valence-corrected chi connectivity index (χ3v) is 3.00. The summed E-state index contributed by atoms with van der Waals surface area (Å²) >= 11 is 0. The number of ether oxygens (including phenoxy) is 2. The number of methoxy groups -OCH3 is 1. The molecule has 2 atom stereocenters. The van der Waals surface area contributed by atoms with Crippen LogP contribution >= 0.6 is 0 Å². The van der Waals surface area contributed by atoms with E-state index in [4.69, 9.17) is 15.2 Å². The van der Waals surface area contributed by atoms with E-state index in [1.165, 1.54) is 6.07 Å². The van der Waals surface area contributed by atoms with Crippen LogP contribution < -0.4 is 10.5 Å². The van der Waals surface area contributed by atoms with Crippen molar-refractivity contribution in [3.63, 3.8) is 0 Å². The molecule has 0 aromatic heterocycles. The fourth-order valence-corrected chi connectivity index (χ4v) is 1.58. The van der Waals surface area contributed by atoms with Crippen LogP contribution in [0.3, 0.4) is 0 Å². The second-order valence-corrected chi connectivity index (χ2v) is 4.65. The lowest BCUT2D eigenvalue weighted by atomic mass is 9.95. The topological polar surface area (TPSA) is 44.5 Å². The smallest absolute Gasteiger partial charge is 0.165 e. The Morgan fingerprint density at radius 2 is 2.00 bits per heavy atom. The summed E-state index contributed by atoms with van der Waals surface area (Å²) in [5, 5.41) is 0. The maximum absolute atomic E-state index is 13.5. The van der Waals surface area contributed by atoms with E-state index in [9.17, 15) is 4.39 Å². The minimum Gasteiger partial charge on any atom is -0.488 e. The minimum atomic E-state index is -0.344. The summed E-state index contributed by atoms with van der Waals surface area (Å²) < 4.78 is 23.7. The van der Waals surface area contributed by atoms with Gasteiger partial charge in [0, 0.05) is 13.2 Å². The number of hydrogen-bond acceptors (Lipinski definition) is 3. The van der Waals surface area contributed by atoms with E-state index in [0.717, 1.165) is 12.0 Å². The number of nitrogens with two attached hydrogens (primary N) is 1. The highest BCUT2D eigenvalue weighted by Gasteiger charge is 2.11. The molecule has 3 nitrogen and oxygen atoms in total. The highest BCUT2D eigenvalue weighted by molar-refractivity contribution is 5.30. The summed E-state index contributed by atoms with van der Waals surface area (Å²) in [5.41, 5.74) is 6.86. The van der Waals surface area contributed by atoms with Gasteiger partial charge in [-0.3, -0.25) is 0 Å². The van der Waals surface area contributed by atoms with Crippen molar-refractivity contribution in [2.45, 2.75) is 26.3 Å². The summed E-state index contributed by atoms with van der Waals surface area (Å²) in [6.07, 6.45) is 0.818. The van der Waals surface area contributed by atoms with E-state index in [2.05, 4.69) is 6.92 Å². The largest absolute Gasteiger partial charge is 0.488 e. The fourth-order valence-electron chi connectivity index (χ4n) is 1.58. The number of rotatable bonds is 7. The molecular formula is C14H22FNO2. The molecule has 1 aromatic carbocycles. The van der Waals surface area contributed by atoms with E-state index < -0.39 is 0 Å². The lowest BCUT2D eigenvalue weighted by molar-refractivity contribution is 0.144. The van der Waals surface area contributed by atoms with Crippen LogP contribution in [-0.4, -0.2) is 26.4 Å². The van der Waals surface area contributed by atoms with Gasteiger partial charge in [-0.1, -0.05) is 13.0 Å². The zero-order valence-electron chi connectivity index (χ0n) is 11.3. The lowest BCUT2D eigenvalue weighted by Gasteiger charge is -2.16. The molecule has 4 heteroatoms. The Bertz CT molecular complexity index is 369. The van der Waals surface area contributed by atoms with Gasteiger partial charge in [0.15, 0.2) is 11.6 Å². The number of halogens is 1. The average molecular weight is 255 g/mol. The summed E-state index contributed by atoms with van der Waals surface area (Å²) in [7, 11) is 1.58. The Morgan fingerprint density at radius 1 is 1.28 bits per heavy atom. The predicted octanol–water partition coefficient (Wildman–Crippen LogP) is 2.38. The maximum atomic E-state index is 13.5. The Balaban J connectivity index is 2.67. The zero-order valence-corrected chi connectivity index (χ0v) is 11.3. The van der Waals surface area contributed by atoms with Crippen molar-refractivity contribution in [3.8, 4) is 5.75 Å². The molecule has 0 aliphatic rings. The summed E-state index contributed by atoms with van der Waals surface area (Å²) in [4.78, 5) is 0. The molecule has 0 radical (unpaired) electrons. The SMILES string of the molecule is COCCOc1cc(CC(C)C(C)N)ccc1F. The van der Waals surface area contributed by atoms with Crippen LogP contribution in [0.2, 0.25) is 0 Å². The molecule has 0 saturated heterocycles. The van der Waals surface area contributed by atoms with Crippen LogP contribution in [0.25, 0.3) is 0 Å². The first-order valence-electron chi connectivity index (χ1n) is 6.20. The van der Waals surface area contributed by atoms with Crippen molar-refractivity contribution in [1.29, 1.82) is 0 Å². The van der Waals surface area contributed by atoms with E-state index in [-0.39, 0.29) is 17.6 Å². The Kier molecular flexibility index (Phi) is 6.09. The second-order valence-electron chi connectivity index (χ2n) is 4.65. The maximum Gasteiger partial charge on any atom is 0.165 e. The van der Waals surface area contributed by atoms with Gasteiger partial charge in [-0.2, -0.15) is 0 Å². The van der Waals surface area contributed by atoms with Crippen LogP contribution in [0.15, 0.2) is 18.2 Å². The third-order valence-electron chi connectivity index (χ3n) is 3.00. The first-order valence-corrected chi connectivity index (χ1v) is 6.20. The molecular weight excluding hydrogens is 233 g/mol. The van der Waals surface area contributed by atoms with Gasteiger partial charge in [-0.05, 0) is 37.0 Å². The van der Waals surface area contributed by atoms with Crippen LogP contribution in [0.4, 0.5) is 4.39 Å². The van der Waals surface area contributed by atoms with Gasteiger partial charge in [-0.15, -0.1) is 0 Å². The molecule has 0 bridgehead atoms. The molecule has 0 spiro atoms. The van der Waals surface area contributed by atoms with Gasteiger partial charge < -0.3 is 15.2 Å². The molecule has 0 aliphatic carbocycles. The first kappa shape index (κ1) is 14.9. The van der Waals surface area contributed by atoms with Crippen LogP contribution in [0, 0.1) is 11.7 Å². The van der Waals surface area contributed by atoms with Gasteiger partial charge in [0.05, 0.1) is 6.61 Å². The van der Waals surface area contributed by atoms with Crippen LogP contribution in [-0.2, 0) is 11.2 Å². The molecule has 2 N–H and O–H groups in total. The van der Waals surface area contributed by atoms with Crippen molar-refractivity contribution < 1.29 is 13.9 Å². The molecule has 0 heterocycles. The summed E-state index contributed by atoms with van der Waals surface area (Å²) in [5.74, 6) is 0.284. The quantitative estimate of drug-likeness (QED) is 0.761. The monoisotopic (exact) mass is 255 g/mol. The Labute approximate surface area is 108 Å². The Morgan fingerprint density at radius 3 is 2.61 bits per heavy atom. The average Bonchev–Trinajstić information content (AvgIpc) is 2.33. The minimum absolute atomic E-state index is 0.118. The lowest BCUT2D eigenvalue weighted by Crippen LogP contribution is -2.25. The van der Waals surface area contributed by atoms with Crippen molar-refractivity contribution in [2.24, 2.45) is 11.7 Å². The standard InChI is InChI=1S/C14H22FNO2/c1-10(11(2)16)8-12-4-5-13(15)14(9-12)18-7-6-17-3/h4-5,9-11H,6-8,16H2,1-3H3. The first-order chi connectivity index (χ1) is 8.54. The molecule has 0 aliphatic heterocycles.